The maximum absolute atomic E-state index is 11.8. The third kappa shape index (κ3) is 2.34. The Bertz CT molecular complexity index is 521. The Hall–Kier alpha value is -1.40. The first-order chi connectivity index (χ1) is 7.18. The van der Waals surface area contributed by atoms with Crippen LogP contribution in [0.5, 0.6) is 0 Å². The number of nitrogens with zero attached hydrogens (tertiary/aromatic N) is 1. The van der Waals surface area contributed by atoms with E-state index in [1.165, 1.54) is 23.5 Å². The molecule has 2 rings (SSSR count). The summed E-state index contributed by atoms with van der Waals surface area (Å²) in [6, 6.07) is 8.19. The van der Waals surface area contributed by atoms with Crippen molar-refractivity contribution in [2.75, 3.05) is 4.72 Å². The largest absolute Gasteiger partial charge is 0.263 e. The summed E-state index contributed by atoms with van der Waals surface area (Å²) in [5, 5.41) is 1.64. The van der Waals surface area contributed by atoms with Gasteiger partial charge in [-0.1, -0.05) is 18.2 Å². The van der Waals surface area contributed by atoms with Gasteiger partial charge in [0.2, 0.25) is 0 Å². The second-order valence-corrected chi connectivity index (χ2v) is 5.19. The van der Waals surface area contributed by atoms with Gasteiger partial charge in [-0.05, 0) is 12.1 Å². The zero-order chi connectivity index (χ0) is 10.7. The van der Waals surface area contributed by atoms with Gasteiger partial charge in [-0.2, -0.15) is 0 Å². The summed E-state index contributed by atoms with van der Waals surface area (Å²) in [7, 11) is -3.49. The Morgan fingerprint density at radius 1 is 1.20 bits per heavy atom. The van der Waals surface area contributed by atoms with Gasteiger partial charge in [-0.15, -0.1) is 11.3 Å². The molecule has 15 heavy (non-hydrogen) atoms. The summed E-state index contributed by atoms with van der Waals surface area (Å²) in [5.41, 5.74) is 1.57. The molecule has 0 fully saturated rings. The molecule has 0 unspecified atom stereocenters. The fourth-order valence-electron chi connectivity index (χ4n) is 1.06. The maximum Gasteiger partial charge on any atom is 0.263 e. The van der Waals surface area contributed by atoms with Gasteiger partial charge in [0.25, 0.3) is 10.0 Å². The summed E-state index contributed by atoms with van der Waals surface area (Å²) in [4.78, 5) is 4.09. The number of nitrogens with one attached hydrogen (secondary N) is 1. The first kappa shape index (κ1) is 10.1. The lowest BCUT2D eigenvalue weighted by Gasteiger charge is -2.04. The minimum absolute atomic E-state index is 0.234. The van der Waals surface area contributed by atoms with Crippen LogP contribution in [0, 0.1) is 0 Å². The Labute approximate surface area is 91.7 Å². The molecule has 1 aromatic heterocycles. The Kier molecular flexibility index (Phi) is 2.70. The van der Waals surface area contributed by atoms with Gasteiger partial charge >= 0.3 is 0 Å². The third-order valence-corrected chi connectivity index (χ3v) is 3.68. The molecule has 0 aliphatic heterocycles. The van der Waals surface area contributed by atoms with Crippen LogP contribution in [-0.4, -0.2) is 13.4 Å². The van der Waals surface area contributed by atoms with Gasteiger partial charge in [0.15, 0.2) is 5.82 Å². The Morgan fingerprint density at radius 3 is 2.53 bits per heavy atom. The predicted molar refractivity (Wildman–Crippen MR) is 59.4 cm³/mol. The molecule has 0 aliphatic rings. The summed E-state index contributed by atoms with van der Waals surface area (Å²) >= 11 is 1.34. The summed E-state index contributed by atoms with van der Waals surface area (Å²) in [6.45, 7) is 0. The van der Waals surface area contributed by atoms with Crippen LogP contribution >= 0.6 is 11.3 Å². The molecule has 78 valence electrons. The van der Waals surface area contributed by atoms with Crippen LogP contribution in [0.15, 0.2) is 46.1 Å². The molecule has 1 N–H and O–H groups in total. The minimum Gasteiger partial charge on any atom is -0.263 e. The molecule has 1 aromatic carbocycles. The van der Waals surface area contributed by atoms with Crippen molar-refractivity contribution in [3.8, 4) is 0 Å². The molecular weight excluding hydrogens is 232 g/mol. The van der Waals surface area contributed by atoms with E-state index in [1.807, 2.05) is 0 Å². The number of hydrogen-bond donors (Lipinski definition) is 1. The van der Waals surface area contributed by atoms with Crippen molar-refractivity contribution < 1.29 is 8.42 Å². The molecule has 2 aromatic rings. The molecule has 0 saturated carbocycles. The first-order valence-electron chi connectivity index (χ1n) is 4.14. The predicted octanol–water partition coefficient (Wildman–Crippen LogP) is 1.94. The molecular formula is C9H8N2O2S2. The number of anilines is 1. The van der Waals surface area contributed by atoms with E-state index in [-0.39, 0.29) is 4.90 Å². The number of sulfonamides is 1. The molecule has 0 atom stereocenters. The lowest BCUT2D eigenvalue weighted by atomic mass is 10.4. The van der Waals surface area contributed by atoms with Crippen LogP contribution in [0.3, 0.4) is 0 Å². The van der Waals surface area contributed by atoms with Crippen LogP contribution < -0.4 is 4.72 Å². The highest BCUT2D eigenvalue weighted by molar-refractivity contribution is 7.92. The Balaban J connectivity index is 2.29. The zero-order valence-electron chi connectivity index (χ0n) is 7.62. The molecule has 0 aliphatic carbocycles. The average molecular weight is 240 g/mol. The van der Waals surface area contributed by atoms with Crippen molar-refractivity contribution >= 4 is 27.2 Å². The van der Waals surface area contributed by atoms with E-state index in [0.717, 1.165) is 0 Å². The molecule has 0 amide bonds. The molecule has 0 radical (unpaired) electrons. The van der Waals surface area contributed by atoms with E-state index in [4.69, 9.17) is 0 Å². The van der Waals surface area contributed by atoms with E-state index in [1.54, 1.807) is 29.1 Å². The molecule has 4 nitrogen and oxygen atoms in total. The smallest absolute Gasteiger partial charge is 0.263 e. The molecule has 0 saturated heterocycles. The third-order valence-electron chi connectivity index (χ3n) is 1.72. The van der Waals surface area contributed by atoms with Crippen molar-refractivity contribution in [3.05, 3.63) is 41.2 Å². The SMILES string of the molecule is O=S(=O)(Nc1cscn1)c1ccccc1. The molecule has 1 heterocycles. The second-order valence-electron chi connectivity index (χ2n) is 2.79. The van der Waals surface area contributed by atoms with E-state index < -0.39 is 10.0 Å². The highest BCUT2D eigenvalue weighted by Gasteiger charge is 2.13. The molecule has 0 bridgehead atoms. The standard InChI is InChI=1S/C9H8N2O2S2/c12-15(13,8-4-2-1-3-5-8)11-9-6-14-7-10-9/h1-7,11H. The molecule has 0 spiro atoms. The summed E-state index contributed by atoms with van der Waals surface area (Å²) in [6.07, 6.45) is 0. The van der Waals surface area contributed by atoms with Crippen LogP contribution in [0.2, 0.25) is 0 Å². The fraction of sp³-hybridized carbons (Fsp3) is 0. The maximum atomic E-state index is 11.8. The first-order valence-corrected chi connectivity index (χ1v) is 6.57. The normalized spacial score (nSPS) is 11.2. The van der Waals surface area contributed by atoms with E-state index in [2.05, 4.69) is 9.71 Å². The minimum atomic E-state index is -3.49. The zero-order valence-corrected chi connectivity index (χ0v) is 9.25. The lowest BCUT2D eigenvalue weighted by molar-refractivity contribution is 0.601. The number of thiazole rings is 1. The molecule has 6 heteroatoms. The van der Waals surface area contributed by atoms with Crippen molar-refractivity contribution in [2.45, 2.75) is 4.90 Å². The fourth-order valence-corrected chi connectivity index (χ4v) is 2.64. The summed E-state index contributed by atoms with van der Waals surface area (Å²) < 4.78 is 25.9. The number of rotatable bonds is 3. The Morgan fingerprint density at radius 2 is 1.93 bits per heavy atom. The number of benzene rings is 1. The quantitative estimate of drug-likeness (QED) is 0.892. The van der Waals surface area contributed by atoms with Gasteiger partial charge in [-0.25, -0.2) is 13.4 Å². The van der Waals surface area contributed by atoms with Crippen LogP contribution in [0.25, 0.3) is 0 Å². The highest BCUT2D eigenvalue weighted by atomic mass is 32.2. The van der Waals surface area contributed by atoms with Crippen LogP contribution in [0.1, 0.15) is 0 Å². The highest BCUT2D eigenvalue weighted by Crippen LogP contribution is 2.14. The number of aromatic nitrogens is 1. The van der Waals surface area contributed by atoms with E-state index >= 15 is 0 Å². The van der Waals surface area contributed by atoms with Crippen molar-refractivity contribution in [1.82, 2.24) is 4.98 Å². The van der Waals surface area contributed by atoms with Gasteiger partial charge in [-0.3, -0.25) is 4.72 Å². The average Bonchev–Trinajstić information content (AvgIpc) is 2.71. The van der Waals surface area contributed by atoms with Gasteiger partial charge in [0, 0.05) is 5.38 Å². The summed E-state index contributed by atoms with van der Waals surface area (Å²) in [5.74, 6) is 0.351. The van der Waals surface area contributed by atoms with E-state index in [9.17, 15) is 8.42 Å². The van der Waals surface area contributed by atoms with Crippen molar-refractivity contribution in [1.29, 1.82) is 0 Å². The van der Waals surface area contributed by atoms with Crippen molar-refractivity contribution in [3.63, 3.8) is 0 Å². The van der Waals surface area contributed by atoms with Gasteiger partial charge < -0.3 is 0 Å². The van der Waals surface area contributed by atoms with E-state index in [0.29, 0.717) is 5.82 Å². The second kappa shape index (κ2) is 4.00. The lowest BCUT2D eigenvalue weighted by Crippen LogP contribution is -2.12. The van der Waals surface area contributed by atoms with Crippen LogP contribution in [-0.2, 0) is 10.0 Å². The van der Waals surface area contributed by atoms with Crippen molar-refractivity contribution in [2.24, 2.45) is 0 Å². The monoisotopic (exact) mass is 240 g/mol. The number of hydrogen-bond acceptors (Lipinski definition) is 4. The van der Waals surface area contributed by atoms with Gasteiger partial charge in [0.05, 0.1) is 10.4 Å². The van der Waals surface area contributed by atoms with Crippen LogP contribution in [0.4, 0.5) is 5.82 Å². The topological polar surface area (TPSA) is 59.1 Å². The van der Waals surface area contributed by atoms with Gasteiger partial charge in [0.1, 0.15) is 0 Å².